The number of methoxy groups -OCH3 is 1. The van der Waals surface area contributed by atoms with Gasteiger partial charge in [0.2, 0.25) is 0 Å². The van der Waals surface area contributed by atoms with Gasteiger partial charge in [-0.25, -0.2) is 0 Å². The van der Waals surface area contributed by atoms with Crippen LogP contribution in [0.1, 0.15) is 39.2 Å². The van der Waals surface area contributed by atoms with Gasteiger partial charge in [-0.2, -0.15) is 0 Å². The predicted octanol–water partition coefficient (Wildman–Crippen LogP) is 3.82. The van der Waals surface area contributed by atoms with Crippen LogP contribution in [0.5, 0.6) is 11.5 Å². The molecule has 1 heterocycles. The van der Waals surface area contributed by atoms with Crippen molar-refractivity contribution in [2.24, 2.45) is 0 Å². The Hall–Kier alpha value is -0.780. The van der Waals surface area contributed by atoms with Crippen LogP contribution in [-0.2, 0) is 6.54 Å². The first-order valence-corrected chi connectivity index (χ1v) is 9.32. The average Bonchev–Trinajstić information content (AvgIpc) is 2.96. The van der Waals surface area contributed by atoms with E-state index >= 15 is 0 Å². The minimum Gasteiger partial charge on any atom is -0.493 e. The van der Waals surface area contributed by atoms with Gasteiger partial charge in [0.25, 0.3) is 0 Å². The van der Waals surface area contributed by atoms with E-state index in [0.717, 1.165) is 35.6 Å². The Morgan fingerprint density at radius 1 is 1.39 bits per heavy atom. The number of nitrogens with one attached hydrogen (secondary N) is 1. The largest absolute Gasteiger partial charge is 0.493 e. The average molecular weight is 385 g/mol. The fourth-order valence-electron chi connectivity index (χ4n) is 3.15. The molecule has 0 aromatic heterocycles. The molecule has 1 saturated heterocycles. The fourth-order valence-corrected chi connectivity index (χ4v) is 3.73. The summed E-state index contributed by atoms with van der Waals surface area (Å²) in [5.41, 5.74) is 1.20. The summed E-state index contributed by atoms with van der Waals surface area (Å²) in [7, 11) is 1.68. The third-order valence-electron chi connectivity index (χ3n) is 4.26. The van der Waals surface area contributed by atoms with Crippen molar-refractivity contribution in [2.45, 2.75) is 52.3 Å². The van der Waals surface area contributed by atoms with E-state index < -0.39 is 0 Å². The van der Waals surface area contributed by atoms with Crippen LogP contribution in [0, 0.1) is 0 Å². The van der Waals surface area contributed by atoms with Crippen LogP contribution in [0.25, 0.3) is 0 Å². The Kier molecular flexibility index (Phi) is 7.18. The van der Waals surface area contributed by atoms with E-state index in [0.29, 0.717) is 6.04 Å². The van der Waals surface area contributed by atoms with Crippen LogP contribution >= 0.6 is 15.9 Å². The molecule has 1 aromatic rings. The van der Waals surface area contributed by atoms with E-state index in [-0.39, 0.29) is 6.10 Å². The number of rotatable bonds is 8. The molecule has 5 heteroatoms. The number of ether oxygens (including phenoxy) is 2. The molecule has 23 heavy (non-hydrogen) atoms. The number of benzene rings is 1. The highest BCUT2D eigenvalue weighted by atomic mass is 79.9. The van der Waals surface area contributed by atoms with Crippen molar-refractivity contribution in [1.29, 1.82) is 0 Å². The first-order valence-electron chi connectivity index (χ1n) is 8.53. The van der Waals surface area contributed by atoms with Crippen molar-refractivity contribution in [3.8, 4) is 11.5 Å². The molecule has 2 rings (SSSR count). The summed E-state index contributed by atoms with van der Waals surface area (Å²) >= 11 is 3.61. The Labute approximate surface area is 148 Å². The molecule has 0 saturated carbocycles. The Morgan fingerprint density at radius 3 is 2.83 bits per heavy atom. The summed E-state index contributed by atoms with van der Waals surface area (Å²) in [5.74, 6) is 1.56. The summed E-state index contributed by atoms with van der Waals surface area (Å²) in [5, 5.41) is 3.59. The molecule has 0 bridgehead atoms. The lowest BCUT2D eigenvalue weighted by atomic mass is 10.1. The zero-order valence-corrected chi connectivity index (χ0v) is 16.3. The fraction of sp³-hybridized carbons (Fsp3) is 0.667. The second-order valence-corrected chi connectivity index (χ2v) is 7.19. The highest BCUT2D eigenvalue weighted by Crippen LogP contribution is 2.37. The van der Waals surface area contributed by atoms with Gasteiger partial charge in [0.05, 0.1) is 17.7 Å². The zero-order valence-electron chi connectivity index (χ0n) is 14.7. The van der Waals surface area contributed by atoms with E-state index in [1.807, 2.05) is 13.8 Å². The quantitative estimate of drug-likeness (QED) is 0.738. The SMILES string of the molecule is CCN1CCCC1CNCc1cc(Br)c(OC(C)C)c(OC)c1. The lowest BCUT2D eigenvalue weighted by Gasteiger charge is -2.23. The molecule has 1 unspecified atom stereocenters. The summed E-state index contributed by atoms with van der Waals surface area (Å²) in [4.78, 5) is 2.56. The van der Waals surface area contributed by atoms with Crippen LogP contribution in [0.3, 0.4) is 0 Å². The standard InChI is InChI=1S/C18H29BrN2O2/c1-5-21-8-6-7-15(21)12-20-11-14-9-16(19)18(23-13(2)3)17(10-14)22-4/h9-10,13,15,20H,5-8,11-12H2,1-4H3. The smallest absolute Gasteiger partial charge is 0.175 e. The zero-order chi connectivity index (χ0) is 16.8. The van der Waals surface area contributed by atoms with Gasteiger partial charge in [-0.15, -0.1) is 0 Å². The van der Waals surface area contributed by atoms with E-state index in [1.165, 1.54) is 24.9 Å². The number of hydrogen-bond donors (Lipinski definition) is 1. The first kappa shape index (κ1) is 18.6. The van der Waals surface area contributed by atoms with Crippen molar-refractivity contribution < 1.29 is 9.47 Å². The molecule has 0 amide bonds. The van der Waals surface area contributed by atoms with E-state index in [1.54, 1.807) is 7.11 Å². The van der Waals surface area contributed by atoms with Gasteiger partial charge in [0, 0.05) is 19.1 Å². The summed E-state index contributed by atoms with van der Waals surface area (Å²) in [6.45, 7) is 10.5. The van der Waals surface area contributed by atoms with E-state index in [9.17, 15) is 0 Å². The minimum atomic E-state index is 0.117. The van der Waals surface area contributed by atoms with Crippen molar-refractivity contribution in [2.75, 3.05) is 26.7 Å². The second-order valence-electron chi connectivity index (χ2n) is 6.33. The summed E-state index contributed by atoms with van der Waals surface area (Å²) < 4.78 is 12.3. The number of nitrogens with zero attached hydrogens (tertiary/aromatic N) is 1. The summed E-state index contributed by atoms with van der Waals surface area (Å²) in [6, 6.07) is 4.84. The van der Waals surface area contributed by atoms with Crippen LogP contribution in [0.15, 0.2) is 16.6 Å². The number of halogens is 1. The molecular formula is C18H29BrN2O2. The van der Waals surface area contributed by atoms with Gasteiger partial charge < -0.3 is 14.8 Å². The van der Waals surface area contributed by atoms with Crippen LogP contribution in [0.2, 0.25) is 0 Å². The van der Waals surface area contributed by atoms with Gasteiger partial charge in [-0.05, 0) is 73.4 Å². The third-order valence-corrected chi connectivity index (χ3v) is 4.85. The molecule has 0 aliphatic carbocycles. The molecule has 4 nitrogen and oxygen atoms in total. The van der Waals surface area contributed by atoms with Gasteiger partial charge in [0.1, 0.15) is 0 Å². The van der Waals surface area contributed by atoms with Crippen LogP contribution < -0.4 is 14.8 Å². The lowest BCUT2D eigenvalue weighted by molar-refractivity contribution is 0.228. The Balaban J connectivity index is 1.96. The van der Waals surface area contributed by atoms with Crippen LogP contribution in [-0.4, -0.2) is 43.8 Å². The lowest BCUT2D eigenvalue weighted by Crippen LogP contribution is -2.37. The van der Waals surface area contributed by atoms with Crippen molar-refractivity contribution in [3.05, 3.63) is 22.2 Å². The monoisotopic (exact) mass is 384 g/mol. The maximum Gasteiger partial charge on any atom is 0.175 e. The molecule has 0 radical (unpaired) electrons. The van der Waals surface area contributed by atoms with Crippen LogP contribution in [0.4, 0.5) is 0 Å². The Morgan fingerprint density at radius 2 is 2.17 bits per heavy atom. The topological polar surface area (TPSA) is 33.7 Å². The Bertz CT molecular complexity index is 508. The first-order chi connectivity index (χ1) is 11.0. The normalized spacial score (nSPS) is 18.6. The summed E-state index contributed by atoms with van der Waals surface area (Å²) in [6.07, 6.45) is 2.74. The highest BCUT2D eigenvalue weighted by Gasteiger charge is 2.22. The number of hydrogen-bond acceptors (Lipinski definition) is 4. The van der Waals surface area contributed by atoms with Gasteiger partial charge in [-0.3, -0.25) is 4.90 Å². The number of likely N-dealkylation sites (N-methyl/N-ethyl adjacent to an activating group) is 1. The molecule has 1 aromatic carbocycles. The van der Waals surface area contributed by atoms with E-state index in [2.05, 4.69) is 45.2 Å². The second kappa shape index (κ2) is 8.90. The van der Waals surface area contributed by atoms with Gasteiger partial charge in [-0.1, -0.05) is 6.92 Å². The third kappa shape index (κ3) is 5.10. The molecule has 1 aliphatic rings. The molecule has 0 spiro atoms. The maximum absolute atomic E-state index is 5.84. The van der Waals surface area contributed by atoms with Crippen molar-refractivity contribution >= 4 is 15.9 Å². The minimum absolute atomic E-state index is 0.117. The molecule has 1 fully saturated rings. The molecular weight excluding hydrogens is 356 g/mol. The van der Waals surface area contributed by atoms with Gasteiger partial charge in [0.15, 0.2) is 11.5 Å². The maximum atomic E-state index is 5.84. The number of likely N-dealkylation sites (tertiary alicyclic amines) is 1. The van der Waals surface area contributed by atoms with E-state index in [4.69, 9.17) is 9.47 Å². The van der Waals surface area contributed by atoms with Gasteiger partial charge >= 0.3 is 0 Å². The molecule has 1 aliphatic heterocycles. The molecule has 1 N–H and O–H groups in total. The molecule has 130 valence electrons. The van der Waals surface area contributed by atoms with Crippen molar-refractivity contribution in [1.82, 2.24) is 10.2 Å². The molecule has 1 atom stereocenters. The predicted molar refractivity (Wildman–Crippen MR) is 98.4 cm³/mol. The highest BCUT2D eigenvalue weighted by molar-refractivity contribution is 9.10. The van der Waals surface area contributed by atoms with Crippen molar-refractivity contribution in [3.63, 3.8) is 0 Å².